The molecule has 208 valence electrons. The Labute approximate surface area is 220 Å². The number of methoxy groups -OCH3 is 1. The maximum atomic E-state index is 15.4. The average Bonchev–Trinajstić information content (AvgIpc) is 2.82. The SMILES string of the molecule is CC.COC(CCn1cc(C)c(=O)[nH]c1=O)COP1OCc2c(F)c(C(C)(C)C)cc(C(C)(C)C)c2O1. The standard InChI is InChI=1S/C25H36FN2O6P.C2H6/c1-15-12-28(23(30)27-22(15)29)10-9-16(31-8)13-32-35-33-14-17-20(26)18(24(2,3)4)11-19(21(17)34-35)25(5,6)7;1-2/h11-12,16H,9-10,13-14H2,1-8H3,(H,27,29,30);1-2H3. The van der Waals surface area contributed by atoms with Gasteiger partial charge < -0.3 is 13.8 Å². The number of aryl methyl sites for hydroxylation is 2. The van der Waals surface area contributed by atoms with Crippen molar-refractivity contribution >= 4 is 8.60 Å². The van der Waals surface area contributed by atoms with Gasteiger partial charge in [-0.15, -0.1) is 0 Å². The van der Waals surface area contributed by atoms with E-state index in [0.29, 0.717) is 35.4 Å². The van der Waals surface area contributed by atoms with Gasteiger partial charge in [-0.1, -0.05) is 55.4 Å². The van der Waals surface area contributed by atoms with Crippen LogP contribution in [-0.4, -0.2) is 29.4 Å². The fourth-order valence-electron chi connectivity index (χ4n) is 3.80. The van der Waals surface area contributed by atoms with Crippen molar-refractivity contribution in [3.05, 3.63) is 61.2 Å². The Morgan fingerprint density at radius 3 is 2.32 bits per heavy atom. The zero-order chi connectivity index (χ0) is 28.1. The highest BCUT2D eigenvalue weighted by atomic mass is 31.2. The van der Waals surface area contributed by atoms with Gasteiger partial charge in [0.05, 0.1) is 24.9 Å². The quantitative estimate of drug-likeness (QED) is 0.442. The lowest BCUT2D eigenvalue weighted by molar-refractivity contribution is 0.0396. The Bertz CT molecular complexity index is 1180. The number of fused-ring (bicyclic) bond motifs is 1. The van der Waals surface area contributed by atoms with E-state index in [-0.39, 0.29) is 36.0 Å². The van der Waals surface area contributed by atoms with Crippen LogP contribution in [0, 0.1) is 12.7 Å². The highest BCUT2D eigenvalue weighted by molar-refractivity contribution is 7.42. The number of rotatable bonds is 7. The maximum Gasteiger partial charge on any atom is 0.397 e. The lowest BCUT2D eigenvalue weighted by atomic mass is 9.78. The van der Waals surface area contributed by atoms with Crippen LogP contribution < -0.4 is 15.8 Å². The van der Waals surface area contributed by atoms with Gasteiger partial charge in [0.25, 0.3) is 5.56 Å². The van der Waals surface area contributed by atoms with Gasteiger partial charge in [0.2, 0.25) is 0 Å². The minimum Gasteiger partial charge on any atom is -0.426 e. The minimum absolute atomic E-state index is 0.0591. The molecule has 2 atom stereocenters. The van der Waals surface area contributed by atoms with E-state index in [9.17, 15) is 9.59 Å². The summed E-state index contributed by atoms with van der Waals surface area (Å²) in [5.41, 5.74) is 0.916. The Hall–Kier alpha value is -2.06. The van der Waals surface area contributed by atoms with E-state index in [2.05, 4.69) is 25.8 Å². The number of nitrogens with one attached hydrogen (secondary N) is 1. The Morgan fingerprint density at radius 1 is 1.14 bits per heavy atom. The first kappa shape index (κ1) is 31.2. The number of benzene rings is 1. The van der Waals surface area contributed by atoms with Crippen LogP contribution in [0.5, 0.6) is 5.75 Å². The molecule has 0 radical (unpaired) electrons. The van der Waals surface area contributed by atoms with Crippen LogP contribution in [0.1, 0.15) is 84.1 Å². The molecule has 1 aliphatic rings. The van der Waals surface area contributed by atoms with Gasteiger partial charge in [-0.25, -0.2) is 9.18 Å². The third-order valence-corrected chi connectivity index (χ3v) is 7.02. The highest BCUT2D eigenvalue weighted by Crippen LogP contribution is 2.52. The van der Waals surface area contributed by atoms with Gasteiger partial charge in [0.15, 0.2) is 0 Å². The van der Waals surface area contributed by atoms with Crippen molar-refractivity contribution in [1.29, 1.82) is 0 Å². The molecule has 1 aliphatic heterocycles. The van der Waals surface area contributed by atoms with E-state index in [1.165, 1.54) is 10.8 Å². The van der Waals surface area contributed by atoms with Gasteiger partial charge in [-0.2, -0.15) is 0 Å². The fourth-order valence-corrected chi connectivity index (χ4v) is 4.86. The monoisotopic (exact) mass is 540 g/mol. The zero-order valence-corrected chi connectivity index (χ0v) is 24.7. The summed E-state index contributed by atoms with van der Waals surface area (Å²) in [5, 5.41) is 0. The van der Waals surface area contributed by atoms with Crippen molar-refractivity contribution in [3.8, 4) is 5.75 Å². The predicted molar refractivity (Wildman–Crippen MR) is 145 cm³/mol. The molecule has 2 heterocycles. The number of H-pyrrole nitrogens is 1. The maximum absolute atomic E-state index is 15.4. The molecule has 0 saturated heterocycles. The summed E-state index contributed by atoms with van der Waals surface area (Å²) in [7, 11) is -0.197. The molecule has 0 aliphatic carbocycles. The van der Waals surface area contributed by atoms with Crippen LogP contribution in [0.25, 0.3) is 0 Å². The van der Waals surface area contributed by atoms with Crippen LogP contribution >= 0.6 is 8.60 Å². The smallest absolute Gasteiger partial charge is 0.397 e. The molecule has 2 unspecified atom stereocenters. The molecule has 1 aromatic carbocycles. The van der Waals surface area contributed by atoms with Crippen molar-refractivity contribution in [2.75, 3.05) is 13.7 Å². The van der Waals surface area contributed by atoms with Gasteiger partial charge >= 0.3 is 14.3 Å². The topological polar surface area (TPSA) is 91.8 Å². The molecule has 0 bridgehead atoms. The van der Waals surface area contributed by atoms with Crippen molar-refractivity contribution in [2.24, 2.45) is 0 Å². The van der Waals surface area contributed by atoms with Crippen molar-refractivity contribution in [1.82, 2.24) is 9.55 Å². The highest BCUT2D eigenvalue weighted by Gasteiger charge is 2.35. The number of halogens is 1. The van der Waals surface area contributed by atoms with Crippen LogP contribution in [-0.2, 0) is 37.8 Å². The second kappa shape index (κ2) is 12.7. The molecule has 1 aromatic heterocycles. The number of nitrogens with zero attached hydrogens (tertiary/aromatic N) is 1. The van der Waals surface area contributed by atoms with E-state index in [4.69, 9.17) is 18.3 Å². The summed E-state index contributed by atoms with van der Waals surface area (Å²) in [6, 6.07) is 1.90. The minimum atomic E-state index is -1.75. The fraction of sp³-hybridized carbons (Fsp3) is 0.630. The number of aromatic amines is 1. The van der Waals surface area contributed by atoms with Crippen molar-refractivity contribution in [2.45, 2.75) is 98.8 Å². The number of aromatic nitrogens is 2. The van der Waals surface area contributed by atoms with Gasteiger partial charge in [-0.05, 0) is 35.8 Å². The molecular weight excluding hydrogens is 498 g/mol. The lowest BCUT2D eigenvalue weighted by Crippen LogP contribution is -2.32. The van der Waals surface area contributed by atoms with Gasteiger partial charge in [-0.3, -0.25) is 18.8 Å². The van der Waals surface area contributed by atoms with E-state index < -0.39 is 19.9 Å². The molecule has 0 saturated carbocycles. The molecule has 8 nitrogen and oxygen atoms in total. The normalized spacial score (nSPS) is 16.4. The van der Waals surface area contributed by atoms with Crippen molar-refractivity contribution in [3.63, 3.8) is 0 Å². The van der Waals surface area contributed by atoms with Crippen LogP contribution in [0.3, 0.4) is 0 Å². The average molecular weight is 541 g/mol. The summed E-state index contributed by atoms with van der Waals surface area (Å²) in [6.45, 7) is 18.4. The predicted octanol–water partition coefficient (Wildman–Crippen LogP) is 5.86. The lowest BCUT2D eigenvalue weighted by Gasteiger charge is -2.33. The molecule has 0 fully saturated rings. The van der Waals surface area contributed by atoms with Crippen molar-refractivity contribution < 1.29 is 22.7 Å². The van der Waals surface area contributed by atoms with Crippen LogP contribution in [0.2, 0.25) is 0 Å². The van der Waals surface area contributed by atoms with E-state index >= 15 is 4.39 Å². The number of ether oxygens (including phenoxy) is 1. The first-order chi connectivity index (χ1) is 17.2. The molecular formula is C27H42FN2O6P. The first-order valence-electron chi connectivity index (χ1n) is 12.7. The molecule has 0 spiro atoms. The second-order valence-electron chi connectivity index (χ2n) is 10.9. The summed E-state index contributed by atoms with van der Waals surface area (Å²) in [5.74, 6) is 0.191. The molecule has 37 heavy (non-hydrogen) atoms. The van der Waals surface area contributed by atoms with Gasteiger partial charge in [0, 0.05) is 31.0 Å². The second-order valence-corrected chi connectivity index (χ2v) is 12.0. The summed E-state index contributed by atoms with van der Waals surface area (Å²) >= 11 is 0. The summed E-state index contributed by atoms with van der Waals surface area (Å²) < 4.78 is 40.1. The number of hydrogen-bond donors (Lipinski definition) is 1. The van der Waals surface area contributed by atoms with Gasteiger partial charge in [0.1, 0.15) is 11.6 Å². The van der Waals surface area contributed by atoms with E-state index in [1.54, 1.807) is 14.0 Å². The van der Waals surface area contributed by atoms with Crippen LogP contribution in [0.4, 0.5) is 4.39 Å². The van der Waals surface area contributed by atoms with Crippen LogP contribution in [0.15, 0.2) is 21.9 Å². The zero-order valence-electron chi connectivity index (χ0n) is 23.8. The molecule has 1 N–H and O–H groups in total. The van der Waals surface area contributed by atoms with E-state index in [1.807, 2.05) is 40.7 Å². The Kier molecular flexibility index (Phi) is 10.7. The summed E-state index contributed by atoms with van der Waals surface area (Å²) in [4.78, 5) is 25.9. The third kappa shape index (κ3) is 7.73. The molecule has 0 amide bonds. The molecule has 3 rings (SSSR count). The Balaban J connectivity index is 0.00000235. The first-order valence-corrected chi connectivity index (χ1v) is 13.7. The third-order valence-electron chi connectivity index (χ3n) is 5.99. The largest absolute Gasteiger partial charge is 0.426 e. The number of hydrogen-bond acceptors (Lipinski definition) is 6. The molecule has 2 aromatic rings. The molecule has 10 heteroatoms. The Morgan fingerprint density at radius 2 is 1.76 bits per heavy atom. The summed E-state index contributed by atoms with van der Waals surface area (Å²) in [6.07, 6.45) is 1.66. The van der Waals surface area contributed by atoms with E-state index in [0.717, 1.165) is 5.56 Å².